The third-order valence-corrected chi connectivity index (χ3v) is 7.63. The summed E-state index contributed by atoms with van der Waals surface area (Å²) in [4.78, 5) is 37.4. The molecule has 0 amide bonds. The Morgan fingerprint density at radius 3 is 2.56 bits per heavy atom. The highest BCUT2D eigenvalue weighted by Gasteiger charge is 2.60. The van der Waals surface area contributed by atoms with Crippen molar-refractivity contribution in [1.29, 1.82) is 0 Å². The molecule has 0 aromatic heterocycles. The molecule has 1 fully saturated rings. The first-order valence-corrected chi connectivity index (χ1v) is 9.95. The normalized spacial score (nSPS) is 28.4. The number of benzene rings is 1. The van der Waals surface area contributed by atoms with Gasteiger partial charge in [-0.15, -0.1) is 0 Å². The van der Waals surface area contributed by atoms with Crippen molar-refractivity contribution in [2.45, 2.75) is 53.4 Å². The molecule has 0 bridgehead atoms. The monoisotopic (exact) mass is 436 g/mol. The molecule has 0 aliphatic heterocycles. The molecule has 6 heteroatoms. The summed E-state index contributed by atoms with van der Waals surface area (Å²) < 4.78 is 5.49. The summed E-state index contributed by atoms with van der Waals surface area (Å²) in [5, 5.41) is 10.7. The van der Waals surface area contributed by atoms with Crippen molar-refractivity contribution in [3.05, 3.63) is 27.2 Å². The fraction of sp³-hybridized carbons (Fsp3) is 0.571. The summed E-state index contributed by atoms with van der Waals surface area (Å²) in [7, 11) is 0. The van der Waals surface area contributed by atoms with Gasteiger partial charge in [0.1, 0.15) is 5.75 Å². The molecule has 1 aromatic carbocycles. The van der Waals surface area contributed by atoms with E-state index in [4.69, 9.17) is 4.74 Å². The van der Waals surface area contributed by atoms with Crippen molar-refractivity contribution in [3.63, 3.8) is 0 Å². The van der Waals surface area contributed by atoms with Crippen LogP contribution in [0.25, 0.3) is 0 Å². The van der Waals surface area contributed by atoms with Gasteiger partial charge in [0.15, 0.2) is 18.2 Å². The van der Waals surface area contributed by atoms with E-state index in [1.165, 1.54) is 6.92 Å². The summed E-state index contributed by atoms with van der Waals surface area (Å²) >= 11 is 3.37. The molecular formula is C21H25BrO5. The van der Waals surface area contributed by atoms with Crippen LogP contribution in [0.1, 0.15) is 67.9 Å². The van der Waals surface area contributed by atoms with Gasteiger partial charge >= 0.3 is 5.97 Å². The van der Waals surface area contributed by atoms with Gasteiger partial charge in [0.05, 0.1) is 10.0 Å². The fourth-order valence-corrected chi connectivity index (χ4v) is 5.29. The van der Waals surface area contributed by atoms with E-state index in [-0.39, 0.29) is 35.8 Å². The fourth-order valence-electron chi connectivity index (χ4n) is 4.98. The number of aromatic hydroxyl groups is 1. The molecule has 3 atom stereocenters. The van der Waals surface area contributed by atoms with Gasteiger partial charge in [0.2, 0.25) is 0 Å². The lowest BCUT2D eigenvalue weighted by atomic mass is 9.57. The molecule has 27 heavy (non-hydrogen) atoms. The predicted octanol–water partition coefficient (Wildman–Crippen LogP) is 4.32. The molecule has 0 heterocycles. The third kappa shape index (κ3) is 2.84. The highest BCUT2D eigenvalue weighted by Crippen LogP contribution is 2.63. The SMILES string of the molecule is CC(=O)OCC(=O)C1(C)CCC2C1c1cc(C)c(Br)c(O)c1C(=O)C2(C)C. The predicted molar refractivity (Wildman–Crippen MR) is 104 cm³/mol. The number of carbonyl (C=O) groups is 3. The molecule has 2 aliphatic carbocycles. The topological polar surface area (TPSA) is 80.7 Å². The lowest BCUT2D eigenvalue weighted by Crippen LogP contribution is -2.45. The Labute approximate surface area is 167 Å². The zero-order valence-corrected chi connectivity index (χ0v) is 17.9. The zero-order chi connectivity index (χ0) is 20.3. The second-order valence-electron chi connectivity index (χ2n) is 8.61. The maximum absolute atomic E-state index is 13.2. The Kier molecular flexibility index (Phi) is 4.78. The highest BCUT2D eigenvalue weighted by molar-refractivity contribution is 9.10. The van der Waals surface area contributed by atoms with Crippen LogP contribution in [0.5, 0.6) is 5.75 Å². The first-order valence-electron chi connectivity index (χ1n) is 9.16. The number of phenols is 1. The molecule has 0 spiro atoms. The Bertz CT molecular complexity index is 857. The summed E-state index contributed by atoms with van der Waals surface area (Å²) in [6.07, 6.45) is 1.36. The average molecular weight is 437 g/mol. The smallest absolute Gasteiger partial charge is 0.303 e. The largest absolute Gasteiger partial charge is 0.506 e. The number of ether oxygens (including phenoxy) is 1. The standard InChI is InChI=1S/C21H25BrO5/c1-10-8-12-15(18(25)17(10)22)19(26)20(3,4)13-6-7-21(5,16(12)13)14(24)9-27-11(2)23/h8,13,16,25H,6-7,9H2,1-5H3. The summed E-state index contributed by atoms with van der Waals surface area (Å²) in [5.74, 6) is -0.985. The number of ketones is 2. The van der Waals surface area contributed by atoms with E-state index >= 15 is 0 Å². The van der Waals surface area contributed by atoms with Crippen LogP contribution in [0, 0.1) is 23.7 Å². The number of fused-ring (bicyclic) bond motifs is 3. The Hall–Kier alpha value is -1.69. The number of phenolic OH excluding ortho intramolecular Hbond substituents is 1. The van der Waals surface area contributed by atoms with Crippen molar-refractivity contribution < 1.29 is 24.2 Å². The zero-order valence-electron chi connectivity index (χ0n) is 16.3. The molecule has 1 aromatic rings. The number of Topliss-reactive ketones (excluding diaryl/α,β-unsaturated/α-hetero) is 2. The Balaban J connectivity index is 2.19. The van der Waals surface area contributed by atoms with E-state index in [2.05, 4.69) is 15.9 Å². The molecule has 146 valence electrons. The van der Waals surface area contributed by atoms with Crippen molar-refractivity contribution in [3.8, 4) is 5.75 Å². The minimum atomic E-state index is -0.750. The Morgan fingerprint density at radius 1 is 1.33 bits per heavy atom. The van der Waals surface area contributed by atoms with Crippen molar-refractivity contribution in [2.24, 2.45) is 16.7 Å². The number of hydrogen-bond donors (Lipinski definition) is 1. The van der Waals surface area contributed by atoms with E-state index < -0.39 is 16.8 Å². The molecule has 0 saturated heterocycles. The van der Waals surface area contributed by atoms with Gasteiger partial charge in [-0.05, 0) is 52.7 Å². The van der Waals surface area contributed by atoms with Crippen LogP contribution >= 0.6 is 15.9 Å². The lowest BCUT2D eigenvalue weighted by Gasteiger charge is -2.45. The molecule has 0 radical (unpaired) electrons. The van der Waals surface area contributed by atoms with Crippen LogP contribution in [0.2, 0.25) is 0 Å². The number of rotatable bonds is 3. The molecule has 1 N–H and O–H groups in total. The van der Waals surface area contributed by atoms with E-state index in [1.54, 1.807) is 0 Å². The number of carbonyl (C=O) groups excluding carboxylic acids is 3. The quantitative estimate of drug-likeness (QED) is 0.713. The third-order valence-electron chi connectivity index (χ3n) is 6.63. The first kappa shape index (κ1) is 20.1. The van der Waals surface area contributed by atoms with Crippen molar-refractivity contribution >= 4 is 33.5 Å². The molecule has 1 saturated carbocycles. The van der Waals surface area contributed by atoms with Crippen LogP contribution in [-0.2, 0) is 14.3 Å². The second-order valence-corrected chi connectivity index (χ2v) is 9.41. The second kappa shape index (κ2) is 6.43. The van der Waals surface area contributed by atoms with Crippen LogP contribution in [-0.4, -0.2) is 29.2 Å². The molecule has 3 unspecified atom stereocenters. The van der Waals surface area contributed by atoms with Crippen LogP contribution < -0.4 is 0 Å². The van der Waals surface area contributed by atoms with Crippen LogP contribution in [0.15, 0.2) is 10.5 Å². The summed E-state index contributed by atoms with van der Waals surface area (Å²) in [6, 6.07) is 1.91. The number of hydrogen-bond acceptors (Lipinski definition) is 5. The minimum Gasteiger partial charge on any atom is -0.506 e. The van der Waals surface area contributed by atoms with Gasteiger partial charge in [-0.1, -0.05) is 26.8 Å². The Morgan fingerprint density at radius 2 is 1.96 bits per heavy atom. The van der Waals surface area contributed by atoms with Crippen LogP contribution in [0.4, 0.5) is 0 Å². The number of esters is 1. The minimum absolute atomic E-state index is 0.0104. The van der Waals surface area contributed by atoms with Gasteiger partial charge in [0, 0.05) is 23.7 Å². The van der Waals surface area contributed by atoms with E-state index in [9.17, 15) is 19.5 Å². The molecule has 5 nitrogen and oxygen atoms in total. The van der Waals surface area contributed by atoms with E-state index in [0.717, 1.165) is 17.5 Å². The maximum Gasteiger partial charge on any atom is 0.303 e. The van der Waals surface area contributed by atoms with Gasteiger partial charge in [-0.3, -0.25) is 14.4 Å². The van der Waals surface area contributed by atoms with Crippen molar-refractivity contribution in [1.82, 2.24) is 0 Å². The van der Waals surface area contributed by atoms with Gasteiger partial charge in [-0.25, -0.2) is 0 Å². The number of aryl methyl sites for hydroxylation is 1. The van der Waals surface area contributed by atoms with Gasteiger partial charge in [0.25, 0.3) is 0 Å². The lowest BCUT2D eigenvalue weighted by molar-refractivity contribution is -0.149. The highest BCUT2D eigenvalue weighted by atomic mass is 79.9. The first-order chi connectivity index (χ1) is 12.4. The van der Waals surface area contributed by atoms with Gasteiger partial charge in [-0.2, -0.15) is 0 Å². The maximum atomic E-state index is 13.2. The van der Waals surface area contributed by atoms with E-state index in [1.807, 2.05) is 33.8 Å². The van der Waals surface area contributed by atoms with Gasteiger partial charge < -0.3 is 9.84 Å². The molecule has 3 rings (SSSR count). The van der Waals surface area contributed by atoms with Crippen LogP contribution in [0.3, 0.4) is 0 Å². The number of halogens is 1. The van der Waals surface area contributed by atoms with E-state index in [0.29, 0.717) is 16.5 Å². The summed E-state index contributed by atoms with van der Waals surface area (Å²) in [6.45, 7) is 8.56. The molecular weight excluding hydrogens is 412 g/mol. The summed E-state index contributed by atoms with van der Waals surface area (Å²) in [5.41, 5.74) is 0.424. The molecule has 2 aliphatic rings. The van der Waals surface area contributed by atoms with Crippen molar-refractivity contribution in [2.75, 3.05) is 6.61 Å². The average Bonchev–Trinajstić information content (AvgIpc) is 2.95.